The second kappa shape index (κ2) is 10.8. The molecule has 162 valence electrons. The largest absolute Gasteiger partial charge is 0.372 e. The van der Waals surface area contributed by atoms with Crippen LogP contribution in [0.4, 0.5) is 5.69 Å². The van der Waals surface area contributed by atoms with Crippen molar-refractivity contribution in [3.8, 4) is 0 Å². The van der Waals surface area contributed by atoms with Crippen molar-refractivity contribution >= 4 is 41.5 Å². The van der Waals surface area contributed by atoms with Gasteiger partial charge in [0.2, 0.25) is 0 Å². The van der Waals surface area contributed by atoms with E-state index in [2.05, 4.69) is 16.4 Å². The maximum Gasteiger partial charge on any atom is 0.254 e. The SMILES string of the molecule is Cc1cc(C)cc(NC(N)=NCc2ccc(C(=O)N3CC(C)OC(C)C3)cc2)c1.I. The lowest BCUT2D eigenvalue weighted by Crippen LogP contribution is -2.48. The van der Waals surface area contributed by atoms with Crippen LogP contribution in [-0.2, 0) is 11.3 Å². The van der Waals surface area contributed by atoms with Crippen LogP contribution in [0.3, 0.4) is 0 Å². The minimum absolute atomic E-state index is 0. The predicted octanol–water partition coefficient (Wildman–Crippen LogP) is 4.10. The molecule has 7 heteroatoms. The molecule has 1 aliphatic heterocycles. The molecule has 0 saturated carbocycles. The molecule has 1 heterocycles. The van der Waals surface area contributed by atoms with Gasteiger partial charge >= 0.3 is 0 Å². The zero-order valence-corrected chi connectivity index (χ0v) is 20.3. The third kappa shape index (κ3) is 6.70. The first-order chi connectivity index (χ1) is 13.8. The number of halogens is 1. The normalized spacial score (nSPS) is 19.2. The number of nitrogens with zero attached hydrogens (tertiary/aromatic N) is 2. The molecule has 0 aliphatic carbocycles. The summed E-state index contributed by atoms with van der Waals surface area (Å²) < 4.78 is 5.71. The Morgan fingerprint density at radius 3 is 2.23 bits per heavy atom. The molecule has 2 aromatic carbocycles. The van der Waals surface area contributed by atoms with Gasteiger partial charge in [-0.1, -0.05) is 18.2 Å². The molecule has 1 amide bonds. The van der Waals surface area contributed by atoms with Crippen LogP contribution in [-0.4, -0.2) is 42.1 Å². The highest BCUT2D eigenvalue weighted by Crippen LogP contribution is 2.16. The summed E-state index contributed by atoms with van der Waals surface area (Å²) in [5, 5.41) is 3.13. The average molecular weight is 522 g/mol. The van der Waals surface area contributed by atoms with Gasteiger partial charge < -0.3 is 20.7 Å². The van der Waals surface area contributed by atoms with Crippen molar-refractivity contribution in [2.75, 3.05) is 18.4 Å². The fraction of sp³-hybridized carbons (Fsp3) is 0.391. The zero-order valence-electron chi connectivity index (χ0n) is 18.0. The second-order valence-electron chi connectivity index (χ2n) is 7.87. The number of amides is 1. The van der Waals surface area contributed by atoms with Crippen LogP contribution in [0.15, 0.2) is 47.5 Å². The number of carbonyl (C=O) groups excluding carboxylic acids is 1. The van der Waals surface area contributed by atoms with Crippen molar-refractivity contribution in [3.05, 3.63) is 64.7 Å². The number of aryl methyl sites for hydroxylation is 2. The number of morpholine rings is 1. The molecule has 1 fully saturated rings. The minimum Gasteiger partial charge on any atom is -0.372 e. The number of nitrogens with one attached hydrogen (secondary N) is 1. The molecule has 3 N–H and O–H groups in total. The van der Waals surface area contributed by atoms with Crippen molar-refractivity contribution in [1.29, 1.82) is 0 Å². The molecule has 3 rings (SSSR count). The molecular formula is C23H31IN4O2. The fourth-order valence-electron chi connectivity index (χ4n) is 3.69. The van der Waals surface area contributed by atoms with E-state index < -0.39 is 0 Å². The first-order valence-electron chi connectivity index (χ1n) is 9.99. The first-order valence-corrected chi connectivity index (χ1v) is 9.99. The maximum absolute atomic E-state index is 12.7. The molecule has 6 nitrogen and oxygen atoms in total. The van der Waals surface area contributed by atoms with Crippen molar-refractivity contribution in [2.24, 2.45) is 10.7 Å². The third-order valence-electron chi connectivity index (χ3n) is 4.83. The molecule has 1 aliphatic rings. The summed E-state index contributed by atoms with van der Waals surface area (Å²) in [6, 6.07) is 13.7. The molecule has 0 aromatic heterocycles. The van der Waals surface area contributed by atoms with E-state index in [1.165, 1.54) is 11.1 Å². The van der Waals surface area contributed by atoms with Gasteiger partial charge in [0.05, 0.1) is 18.8 Å². The lowest BCUT2D eigenvalue weighted by Gasteiger charge is -2.35. The van der Waals surface area contributed by atoms with Gasteiger partial charge in [-0.2, -0.15) is 0 Å². The molecule has 2 unspecified atom stereocenters. The van der Waals surface area contributed by atoms with Gasteiger partial charge in [0.1, 0.15) is 0 Å². The van der Waals surface area contributed by atoms with E-state index in [0.717, 1.165) is 11.3 Å². The molecular weight excluding hydrogens is 491 g/mol. The van der Waals surface area contributed by atoms with Crippen LogP contribution in [0.5, 0.6) is 0 Å². The highest BCUT2D eigenvalue weighted by Gasteiger charge is 2.26. The number of anilines is 1. The number of rotatable bonds is 4. The van der Waals surface area contributed by atoms with E-state index in [1.54, 1.807) is 0 Å². The van der Waals surface area contributed by atoms with Gasteiger partial charge in [-0.15, -0.1) is 24.0 Å². The van der Waals surface area contributed by atoms with Crippen LogP contribution < -0.4 is 11.1 Å². The summed E-state index contributed by atoms with van der Waals surface area (Å²) in [5.74, 6) is 0.407. The van der Waals surface area contributed by atoms with Gasteiger partial charge in [-0.3, -0.25) is 4.79 Å². The summed E-state index contributed by atoms with van der Waals surface area (Å²) in [5.41, 5.74) is 11.0. The maximum atomic E-state index is 12.7. The Labute approximate surface area is 195 Å². The van der Waals surface area contributed by atoms with E-state index in [-0.39, 0.29) is 42.1 Å². The topological polar surface area (TPSA) is 79.9 Å². The Morgan fingerprint density at radius 1 is 1.10 bits per heavy atom. The Morgan fingerprint density at radius 2 is 1.67 bits per heavy atom. The van der Waals surface area contributed by atoms with Crippen molar-refractivity contribution in [1.82, 2.24) is 4.90 Å². The number of aliphatic imine (C=N–C) groups is 1. The Bertz CT molecular complexity index is 868. The van der Waals surface area contributed by atoms with E-state index in [0.29, 0.717) is 31.2 Å². The van der Waals surface area contributed by atoms with Crippen LogP contribution in [0.1, 0.15) is 40.9 Å². The Hall–Kier alpha value is -2.13. The van der Waals surface area contributed by atoms with E-state index in [9.17, 15) is 4.79 Å². The van der Waals surface area contributed by atoms with Gasteiger partial charge in [-0.25, -0.2) is 4.99 Å². The summed E-state index contributed by atoms with van der Waals surface area (Å²) in [7, 11) is 0. The standard InChI is InChI=1S/C23H30N4O2.HI/c1-15-9-16(2)11-21(10-15)26-23(24)25-12-19-5-7-20(8-6-19)22(28)27-13-17(3)29-18(4)14-27;/h5-11,17-18H,12-14H2,1-4H3,(H3,24,25,26);1H. The summed E-state index contributed by atoms with van der Waals surface area (Å²) in [6.07, 6.45) is 0.118. The first kappa shape index (κ1) is 24.1. The Balaban J connectivity index is 0.00000320. The van der Waals surface area contributed by atoms with Crippen molar-refractivity contribution in [2.45, 2.75) is 46.4 Å². The summed E-state index contributed by atoms with van der Waals surface area (Å²) in [6.45, 7) is 9.77. The van der Waals surface area contributed by atoms with Crippen LogP contribution >= 0.6 is 24.0 Å². The van der Waals surface area contributed by atoms with Gasteiger partial charge in [0.25, 0.3) is 5.91 Å². The monoisotopic (exact) mass is 522 g/mol. The number of hydrogen-bond acceptors (Lipinski definition) is 3. The summed E-state index contributed by atoms with van der Waals surface area (Å²) in [4.78, 5) is 19.0. The van der Waals surface area contributed by atoms with Crippen molar-refractivity contribution < 1.29 is 9.53 Å². The molecule has 2 atom stereocenters. The van der Waals surface area contributed by atoms with Gasteiger partial charge in [0, 0.05) is 24.3 Å². The third-order valence-corrected chi connectivity index (χ3v) is 4.83. The summed E-state index contributed by atoms with van der Waals surface area (Å²) >= 11 is 0. The number of nitrogens with two attached hydrogens (primary N) is 1. The molecule has 0 bridgehead atoms. The average Bonchev–Trinajstić information content (AvgIpc) is 2.64. The lowest BCUT2D eigenvalue weighted by atomic mass is 10.1. The number of ether oxygens (including phenoxy) is 1. The van der Waals surface area contributed by atoms with Crippen LogP contribution in [0.2, 0.25) is 0 Å². The van der Waals surface area contributed by atoms with E-state index in [1.807, 2.05) is 69.0 Å². The zero-order chi connectivity index (χ0) is 21.0. The lowest BCUT2D eigenvalue weighted by molar-refractivity contribution is -0.0586. The molecule has 0 radical (unpaired) electrons. The quantitative estimate of drug-likeness (QED) is 0.360. The van der Waals surface area contributed by atoms with Crippen molar-refractivity contribution in [3.63, 3.8) is 0 Å². The molecule has 2 aromatic rings. The van der Waals surface area contributed by atoms with Gasteiger partial charge in [-0.05, 0) is 68.7 Å². The number of benzene rings is 2. The number of hydrogen-bond donors (Lipinski definition) is 2. The Kier molecular flexibility index (Phi) is 8.66. The molecule has 30 heavy (non-hydrogen) atoms. The van der Waals surface area contributed by atoms with E-state index >= 15 is 0 Å². The minimum atomic E-state index is 0. The van der Waals surface area contributed by atoms with E-state index in [4.69, 9.17) is 10.5 Å². The second-order valence-corrected chi connectivity index (χ2v) is 7.87. The number of carbonyl (C=O) groups is 1. The molecule has 0 spiro atoms. The highest BCUT2D eigenvalue weighted by atomic mass is 127. The number of guanidine groups is 1. The highest BCUT2D eigenvalue weighted by molar-refractivity contribution is 14.0. The van der Waals surface area contributed by atoms with Crippen LogP contribution in [0, 0.1) is 13.8 Å². The smallest absolute Gasteiger partial charge is 0.254 e. The fourth-order valence-corrected chi connectivity index (χ4v) is 3.69. The van der Waals surface area contributed by atoms with Crippen LogP contribution in [0.25, 0.3) is 0 Å². The molecule has 1 saturated heterocycles. The van der Waals surface area contributed by atoms with Gasteiger partial charge in [0.15, 0.2) is 5.96 Å². The predicted molar refractivity (Wildman–Crippen MR) is 133 cm³/mol.